The molecule has 0 aromatic carbocycles. The molecule has 16 heavy (non-hydrogen) atoms. The second-order valence-electron chi connectivity index (χ2n) is 4.02. The van der Waals surface area contributed by atoms with E-state index < -0.39 is 6.10 Å². The highest BCUT2D eigenvalue weighted by Crippen LogP contribution is 2.18. The van der Waals surface area contributed by atoms with Crippen LogP contribution in [-0.4, -0.2) is 33.1 Å². The van der Waals surface area contributed by atoms with Crippen molar-refractivity contribution in [2.45, 2.75) is 37.8 Å². The quantitative estimate of drug-likeness (QED) is 0.763. The lowest BCUT2D eigenvalue weighted by molar-refractivity contribution is 0.0713. The molecule has 5 heteroatoms. The van der Waals surface area contributed by atoms with E-state index in [2.05, 4.69) is 15.3 Å². The van der Waals surface area contributed by atoms with Crippen molar-refractivity contribution < 1.29 is 9.90 Å². The topological polar surface area (TPSA) is 75.1 Å². The molecule has 1 heterocycles. The van der Waals surface area contributed by atoms with Crippen molar-refractivity contribution in [1.82, 2.24) is 15.3 Å². The summed E-state index contributed by atoms with van der Waals surface area (Å²) in [6, 6.07) is -0.150. The molecule has 1 fully saturated rings. The summed E-state index contributed by atoms with van der Waals surface area (Å²) in [5.74, 6) is -0.265. The monoisotopic (exact) mass is 221 g/mol. The highest BCUT2D eigenvalue weighted by atomic mass is 16.3. The first-order valence-electron chi connectivity index (χ1n) is 5.52. The van der Waals surface area contributed by atoms with Crippen molar-refractivity contribution in [2.75, 3.05) is 0 Å². The molecule has 1 aromatic heterocycles. The van der Waals surface area contributed by atoms with Gasteiger partial charge in [-0.3, -0.25) is 9.78 Å². The molecule has 1 aliphatic rings. The Kier molecular flexibility index (Phi) is 3.46. The molecular formula is C11H15N3O2. The summed E-state index contributed by atoms with van der Waals surface area (Å²) in [7, 11) is 0. The molecule has 0 saturated heterocycles. The molecule has 1 aromatic rings. The van der Waals surface area contributed by atoms with Crippen LogP contribution in [0, 0.1) is 0 Å². The van der Waals surface area contributed by atoms with Gasteiger partial charge in [0, 0.05) is 12.4 Å². The Morgan fingerprint density at radius 2 is 2.19 bits per heavy atom. The molecule has 2 rings (SSSR count). The molecule has 86 valence electrons. The number of carbonyl (C=O) groups is 1. The number of hydrogen-bond donors (Lipinski definition) is 2. The maximum atomic E-state index is 11.7. The number of aromatic nitrogens is 2. The van der Waals surface area contributed by atoms with Gasteiger partial charge in [-0.05, 0) is 12.8 Å². The van der Waals surface area contributed by atoms with Crippen LogP contribution in [0.25, 0.3) is 0 Å². The number of amides is 1. The molecular weight excluding hydrogens is 206 g/mol. The third-order valence-corrected chi connectivity index (χ3v) is 2.84. The molecule has 1 saturated carbocycles. The minimum Gasteiger partial charge on any atom is -0.391 e. The zero-order valence-corrected chi connectivity index (χ0v) is 8.97. The summed E-state index contributed by atoms with van der Waals surface area (Å²) >= 11 is 0. The van der Waals surface area contributed by atoms with Gasteiger partial charge >= 0.3 is 0 Å². The molecule has 1 aliphatic carbocycles. The molecule has 0 bridgehead atoms. The van der Waals surface area contributed by atoms with E-state index in [1.54, 1.807) is 0 Å². The Morgan fingerprint density at radius 3 is 2.88 bits per heavy atom. The van der Waals surface area contributed by atoms with Crippen LogP contribution in [0.1, 0.15) is 36.2 Å². The van der Waals surface area contributed by atoms with Crippen LogP contribution in [0.3, 0.4) is 0 Å². The predicted octanol–water partition coefficient (Wildman–Crippen LogP) is 0.510. The minimum atomic E-state index is -0.436. The zero-order chi connectivity index (χ0) is 11.4. The summed E-state index contributed by atoms with van der Waals surface area (Å²) < 4.78 is 0. The molecule has 0 unspecified atom stereocenters. The molecule has 2 N–H and O–H groups in total. The average molecular weight is 221 g/mol. The van der Waals surface area contributed by atoms with Crippen molar-refractivity contribution in [2.24, 2.45) is 0 Å². The van der Waals surface area contributed by atoms with Crippen molar-refractivity contribution in [1.29, 1.82) is 0 Å². The van der Waals surface area contributed by atoms with E-state index in [0.717, 1.165) is 25.7 Å². The third-order valence-electron chi connectivity index (χ3n) is 2.84. The van der Waals surface area contributed by atoms with E-state index in [-0.39, 0.29) is 11.9 Å². The van der Waals surface area contributed by atoms with Gasteiger partial charge in [-0.15, -0.1) is 0 Å². The summed E-state index contributed by atoms with van der Waals surface area (Å²) in [4.78, 5) is 19.5. The van der Waals surface area contributed by atoms with Crippen LogP contribution in [0.2, 0.25) is 0 Å². The van der Waals surface area contributed by atoms with Crippen molar-refractivity contribution in [3.63, 3.8) is 0 Å². The van der Waals surface area contributed by atoms with Gasteiger partial charge in [0.1, 0.15) is 5.69 Å². The first-order chi connectivity index (χ1) is 7.77. The largest absolute Gasteiger partial charge is 0.391 e. The highest BCUT2D eigenvalue weighted by molar-refractivity contribution is 5.92. The average Bonchev–Trinajstić information content (AvgIpc) is 2.33. The Hall–Kier alpha value is -1.49. The zero-order valence-electron chi connectivity index (χ0n) is 8.97. The van der Waals surface area contributed by atoms with Crippen LogP contribution in [0.4, 0.5) is 0 Å². The summed E-state index contributed by atoms with van der Waals surface area (Å²) in [5, 5.41) is 12.5. The number of hydrogen-bond acceptors (Lipinski definition) is 4. The molecule has 5 nitrogen and oxygen atoms in total. The smallest absolute Gasteiger partial charge is 0.271 e. The number of aliphatic hydroxyl groups is 1. The Labute approximate surface area is 93.9 Å². The minimum absolute atomic E-state index is 0.150. The summed E-state index contributed by atoms with van der Waals surface area (Å²) in [6.45, 7) is 0. The van der Waals surface area contributed by atoms with Crippen LogP contribution >= 0.6 is 0 Å². The normalized spacial score (nSPS) is 25.1. The Bertz CT molecular complexity index is 356. The third kappa shape index (κ3) is 2.55. The Balaban J connectivity index is 1.96. The van der Waals surface area contributed by atoms with Gasteiger partial charge in [0.05, 0.1) is 18.3 Å². The maximum absolute atomic E-state index is 11.7. The van der Waals surface area contributed by atoms with Crippen LogP contribution in [0.5, 0.6) is 0 Å². The number of rotatable bonds is 2. The van der Waals surface area contributed by atoms with Crippen LogP contribution < -0.4 is 5.32 Å². The van der Waals surface area contributed by atoms with Gasteiger partial charge in [0.2, 0.25) is 0 Å². The van der Waals surface area contributed by atoms with E-state index in [1.807, 2.05) is 0 Å². The van der Waals surface area contributed by atoms with Gasteiger partial charge in [-0.2, -0.15) is 0 Å². The van der Waals surface area contributed by atoms with Crippen molar-refractivity contribution in [3.8, 4) is 0 Å². The van der Waals surface area contributed by atoms with E-state index in [1.165, 1.54) is 18.6 Å². The van der Waals surface area contributed by atoms with E-state index in [4.69, 9.17) is 0 Å². The maximum Gasteiger partial charge on any atom is 0.271 e. The number of aliphatic hydroxyl groups excluding tert-OH is 1. The lowest BCUT2D eigenvalue weighted by Crippen LogP contribution is -2.45. The molecule has 2 atom stereocenters. The number of nitrogens with one attached hydrogen (secondary N) is 1. The van der Waals surface area contributed by atoms with Gasteiger partial charge in [-0.25, -0.2) is 4.98 Å². The van der Waals surface area contributed by atoms with Crippen molar-refractivity contribution in [3.05, 3.63) is 24.3 Å². The highest BCUT2D eigenvalue weighted by Gasteiger charge is 2.25. The molecule has 0 radical (unpaired) electrons. The first-order valence-corrected chi connectivity index (χ1v) is 5.52. The first kappa shape index (κ1) is 11.0. The standard InChI is InChI=1S/C11H15N3O2/c15-10-4-2-1-3-8(10)14-11(16)9-7-12-5-6-13-9/h5-8,10,15H,1-4H2,(H,14,16)/t8-,10-/m0/s1. The van der Waals surface area contributed by atoms with Gasteiger partial charge in [-0.1, -0.05) is 12.8 Å². The fraction of sp³-hybridized carbons (Fsp3) is 0.545. The fourth-order valence-corrected chi connectivity index (χ4v) is 1.94. The van der Waals surface area contributed by atoms with Crippen LogP contribution in [-0.2, 0) is 0 Å². The van der Waals surface area contributed by atoms with E-state index >= 15 is 0 Å². The van der Waals surface area contributed by atoms with Gasteiger partial charge in [0.15, 0.2) is 0 Å². The lowest BCUT2D eigenvalue weighted by Gasteiger charge is -2.28. The summed E-state index contributed by atoms with van der Waals surface area (Å²) in [6.07, 6.45) is 7.64. The Morgan fingerprint density at radius 1 is 1.38 bits per heavy atom. The predicted molar refractivity (Wildman–Crippen MR) is 57.8 cm³/mol. The summed E-state index contributed by atoms with van der Waals surface area (Å²) in [5.41, 5.74) is 0.292. The van der Waals surface area contributed by atoms with Gasteiger partial charge in [0.25, 0.3) is 5.91 Å². The fourth-order valence-electron chi connectivity index (χ4n) is 1.94. The molecule has 1 amide bonds. The van der Waals surface area contributed by atoms with Crippen molar-refractivity contribution >= 4 is 5.91 Å². The number of carbonyl (C=O) groups excluding carboxylic acids is 1. The second kappa shape index (κ2) is 5.03. The second-order valence-corrected chi connectivity index (χ2v) is 4.02. The van der Waals surface area contributed by atoms with Crippen LogP contribution in [0.15, 0.2) is 18.6 Å². The lowest BCUT2D eigenvalue weighted by atomic mass is 9.92. The molecule has 0 spiro atoms. The molecule has 0 aliphatic heterocycles. The van der Waals surface area contributed by atoms with Gasteiger partial charge < -0.3 is 10.4 Å². The SMILES string of the molecule is O=C(N[C@H]1CCCC[C@@H]1O)c1cnccn1. The van der Waals surface area contributed by atoms with E-state index in [9.17, 15) is 9.90 Å². The van der Waals surface area contributed by atoms with E-state index in [0.29, 0.717) is 5.69 Å². The number of nitrogens with zero attached hydrogens (tertiary/aromatic N) is 2.